The molecule has 1 aliphatic heterocycles. The smallest absolute Gasteiger partial charge is 0.410 e. The molecule has 5 nitrogen and oxygen atoms in total. The highest BCUT2D eigenvalue weighted by Gasteiger charge is 2.32. The molecule has 22 heavy (non-hydrogen) atoms. The van der Waals surface area contributed by atoms with Crippen molar-refractivity contribution in [1.29, 1.82) is 0 Å². The van der Waals surface area contributed by atoms with Crippen molar-refractivity contribution < 1.29 is 14.3 Å². The van der Waals surface area contributed by atoms with E-state index in [0.717, 1.165) is 31.4 Å². The zero-order valence-electron chi connectivity index (χ0n) is 13.9. The van der Waals surface area contributed by atoms with Gasteiger partial charge < -0.3 is 20.1 Å². The van der Waals surface area contributed by atoms with E-state index in [0.29, 0.717) is 11.4 Å². The number of hydrogen-bond donors (Lipinski definition) is 1. The summed E-state index contributed by atoms with van der Waals surface area (Å²) in [5.74, 6) is 0.680. The summed E-state index contributed by atoms with van der Waals surface area (Å²) in [5.41, 5.74) is 7.23. The number of amides is 1. The second kappa shape index (κ2) is 6.46. The number of nitrogens with zero attached hydrogens (tertiary/aromatic N) is 1. The van der Waals surface area contributed by atoms with E-state index in [2.05, 4.69) is 0 Å². The molecule has 1 aliphatic rings. The zero-order chi connectivity index (χ0) is 16.3. The third-order valence-corrected chi connectivity index (χ3v) is 3.77. The second-order valence-corrected chi connectivity index (χ2v) is 6.75. The molecular weight excluding hydrogens is 280 g/mol. The number of ether oxygens (including phenoxy) is 2. The molecule has 2 N–H and O–H groups in total. The lowest BCUT2D eigenvalue weighted by Gasteiger charge is -2.28. The molecule has 1 unspecified atom stereocenters. The zero-order valence-corrected chi connectivity index (χ0v) is 13.9. The number of carbonyl (C=O) groups excluding carboxylic acids is 1. The van der Waals surface area contributed by atoms with Crippen molar-refractivity contribution in [2.24, 2.45) is 0 Å². The van der Waals surface area contributed by atoms with Gasteiger partial charge in [-0.2, -0.15) is 0 Å². The highest BCUT2D eigenvalue weighted by Crippen LogP contribution is 2.27. The van der Waals surface area contributed by atoms with E-state index >= 15 is 0 Å². The van der Waals surface area contributed by atoms with Crippen molar-refractivity contribution in [1.82, 2.24) is 4.90 Å². The van der Waals surface area contributed by atoms with Crippen LogP contribution in [-0.2, 0) is 11.2 Å². The molecule has 0 saturated carbocycles. The predicted octanol–water partition coefficient (Wildman–Crippen LogP) is 3.22. The van der Waals surface area contributed by atoms with Gasteiger partial charge in [0.25, 0.3) is 0 Å². The fourth-order valence-corrected chi connectivity index (χ4v) is 2.79. The van der Waals surface area contributed by atoms with Crippen LogP contribution in [0.3, 0.4) is 0 Å². The lowest BCUT2D eigenvalue weighted by Crippen LogP contribution is -2.40. The predicted molar refractivity (Wildman–Crippen MR) is 87.1 cm³/mol. The summed E-state index contributed by atoms with van der Waals surface area (Å²) in [5, 5.41) is 0. The van der Waals surface area contributed by atoms with Crippen molar-refractivity contribution in [3.05, 3.63) is 23.8 Å². The van der Waals surface area contributed by atoms with Gasteiger partial charge in [0, 0.05) is 12.6 Å². The molecule has 0 bridgehead atoms. The normalized spacial score (nSPS) is 18.4. The molecule has 0 radical (unpaired) electrons. The maximum Gasteiger partial charge on any atom is 0.410 e. The molecule has 1 atom stereocenters. The summed E-state index contributed by atoms with van der Waals surface area (Å²) in [7, 11) is 1.60. The lowest BCUT2D eigenvalue weighted by atomic mass is 10.0. The molecule has 1 fully saturated rings. The molecule has 1 saturated heterocycles. The number of carbonyl (C=O) groups is 1. The fourth-order valence-electron chi connectivity index (χ4n) is 2.79. The minimum Gasteiger partial charge on any atom is -0.495 e. The molecular formula is C17H26N2O3. The second-order valence-electron chi connectivity index (χ2n) is 6.75. The summed E-state index contributed by atoms with van der Waals surface area (Å²) in [6.07, 6.45) is 2.56. The first-order chi connectivity index (χ1) is 10.3. The van der Waals surface area contributed by atoms with Crippen molar-refractivity contribution in [3.63, 3.8) is 0 Å². The summed E-state index contributed by atoms with van der Waals surface area (Å²) in [4.78, 5) is 14.1. The number of nitrogens with two attached hydrogens (primary N) is 1. The van der Waals surface area contributed by atoms with Crippen LogP contribution in [0.5, 0.6) is 5.75 Å². The van der Waals surface area contributed by atoms with Gasteiger partial charge in [-0.1, -0.05) is 6.07 Å². The van der Waals surface area contributed by atoms with Crippen molar-refractivity contribution in [2.75, 3.05) is 19.4 Å². The van der Waals surface area contributed by atoms with E-state index < -0.39 is 5.60 Å². The molecule has 1 aromatic carbocycles. The van der Waals surface area contributed by atoms with Crippen molar-refractivity contribution >= 4 is 11.8 Å². The van der Waals surface area contributed by atoms with Crippen molar-refractivity contribution in [3.8, 4) is 5.75 Å². The first-order valence-electron chi connectivity index (χ1n) is 7.72. The Kier molecular flexibility index (Phi) is 4.84. The first kappa shape index (κ1) is 16.5. The number of anilines is 1. The Morgan fingerprint density at radius 2 is 2.14 bits per heavy atom. The van der Waals surface area contributed by atoms with Crippen LogP contribution >= 0.6 is 0 Å². The molecule has 0 spiro atoms. The standard InChI is InChI=1S/C17H26N2O3/c1-17(2,3)22-16(20)19-9-5-6-13(19)10-12-7-8-15(21-4)14(18)11-12/h7-8,11,13H,5-6,9-10,18H2,1-4H3. The Hall–Kier alpha value is -1.91. The van der Waals surface area contributed by atoms with E-state index in [4.69, 9.17) is 15.2 Å². The number of nitrogen functional groups attached to an aromatic ring is 1. The Morgan fingerprint density at radius 1 is 1.41 bits per heavy atom. The van der Waals surface area contributed by atoms with Gasteiger partial charge in [-0.05, 0) is 57.7 Å². The maximum atomic E-state index is 12.3. The van der Waals surface area contributed by atoms with Crippen LogP contribution in [0.4, 0.5) is 10.5 Å². The highest BCUT2D eigenvalue weighted by molar-refractivity contribution is 5.69. The van der Waals surface area contributed by atoms with Gasteiger partial charge in [-0.15, -0.1) is 0 Å². The first-order valence-corrected chi connectivity index (χ1v) is 7.72. The highest BCUT2D eigenvalue weighted by atomic mass is 16.6. The quantitative estimate of drug-likeness (QED) is 0.871. The SMILES string of the molecule is COc1ccc(CC2CCCN2C(=O)OC(C)(C)C)cc1N. The third kappa shape index (κ3) is 4.06. The van der Waals surface area contributed by atoms with E-state index in [1.807, 2.05) is 43.9 Å². The van der Waals surface area contributed by atoms with Gasteiger partial charge in [0.2, 0.25) is 0 Å². The monoisotopic (exact) mass is 306 g/mol. The number of rotatable bonds is 3. The largest absolute Gasteiger partial charge is 0.495 e. The molecule has 122 valence electrons. The minimum atomic E-state index is -0.464. The number of likely N-dealkylation sites (tertiary alicyclic amines) is 1. The average Bonchev–Trinajstić information content (AvgIpc) is 2.85. The maximum absolute atomic E-state index is 12.3. The third-order valence-electron chi connectivity index (χ3n) is 3.77. The summed E-state index contributed by atoms with van der Waals surface area (Å²) < 4.78 is 10.7. The van der Waals surface area contributed by atoms with E-state index in [9.17, 15) is 4.79 Å². The Morgan fingerprint density at radius 3 is 2.73 bits per heavy atom. The number of benzene rings is 1. The van der Waals surface area contributed by atoms with E-state index in [1.165, 1.54) is 0 Å². The van der Waals surface area contributed by atoms with Gasteiger partial charge in [0.1, 0.15) is 11.4 Å². The Balaban J connectivity index is 2.05. The Bertz CT molecular complexity index is 537. The van der Waals surface area contributed by atoms with Crippen LogP contribution in [0.15, 0.2) is 18.2 Å². The van der Waals surface area contributed by atoms with Gasteiger partial charge in [0.05, 0.1) is 12.8 Å². The molecule has 0 aromatic heterocycles. The average molecular weight is 306 g/mol. The summed E-state index contributed by atoms with van der Waals surface area (Å²) in [6, 6.07) is 5.96. The van der Waals surface area contributed by atoms with Gasteiger partial charge in [-0.25, -0.2) is 4.79 Å². The van der Waals surface area contributed by atoms with Gasteiger partial charge in [-0.3, -0.25) is 0 Å². The van der Waals surface area contributed by atoms with Crippen LogP contribution in [0.25, 0.3) is 0 Å². The lowest BCUT2D eigenvalue weighted by molar-refractivity contribution is 0.0227. The molecule has 0 aliphatic carbocycles. The summed E-state index contributed by atoms with van der Waals surface area (Å²) >= 11 is 0. The molecule has 1 heterocycles. The van der Waals surface area contributed by atoms with Crippen molar-refractivity contribution in [2.45, 2.75) is 51.7 Å². The molecule has 2 rings (SSSR count). The Labute approximate surface area is 132 Å². The topological polar surface area (TPSA) is 64.8 Å². The van der Waals surface area contributed by atoms with Crippen LogP contribution in [0.2, 0.25) is 0 Å². The summed E-state index contributed by atoms with van der Waals surface area (Å²) in [6.45, 7) is 6.42. The van der Waals surface area contributed by atoms with E-state index in [1.54, 1.807) is 7.11 Å². The van der Waals surface area contributed by atoms with Crippen LogP contribution in [-0.4, -0.2) is 36.3 Å². The van der Waals surface area contributed by atoms with Crippen LogP contribution < -0.4 is 10.5 Å². The van der Waals surface area contributed by atoms with Gasteiger partial charge >= 0.3 is 6.09 Å². The van der Waals surface area contributed by atoms with E-state index in [-0.39, 0.29) is 12.1 Å². The van der Waals surface area contributed by atoms with Gasteiger partial charge in [0.15, 0.2) is 0 Å². The fraction of sp³-hybridized carbons (Fsp3) is 0.588. The number of methoxy groups -OCH3 is 1. The molecule has 1 aromatic rings. The minimum absolute atomic E-state index is 0.169. The number of hydrogen-bond acceptors (Lipinski definition) is 4. The van der Waals surface area contributed by atoms with Crippen LogP contribution in [0, 0.1) is 0 Å². The molecule has 1 amide bonds. The van der Waals surface area contributed by atoms with Crippen LogP contribution in [0.1, 0.15) is 39.2 Å². The molecule has 5 heteroatoms.